The normalized spacial score (nSPS) is 12.3. The molecule has 0 atom stereocenters. The van der Waals surface area contributed by atoms with Crippen molar-refractivity contribution in [3.63, 3.8) is 0 Å². The molecule has 112 valence electrons. The van der Waals surface area contributed by atoms with Crippen LogP contribution < -0.4 is 0 Å². The van der Waals surface area contributed by atoms with Gasteiger partial charge in [0.05, 0.1) is 0 Å². The highest BCUT2D eigenvalue weighted by atomic mass is 79.9. The van der Waals surface area contributed by atoms with Gasteiger partial charge in [0.1, 0.15) is 9.79 Å². The Morgan fingerprint density at radius 3 is 1.67 bits per heavy atom. The molecule has 0 heterocycles. The summed E-state index contributed by atoms with van der Waals surface area (Å²) in [5.74, 6) is 0. The molecule has 0 aliphatic rings. The van der Waals surface area contributed by atoms with Gasteiger partial charge < -0.3 is 0 Å². The van der Waals surface area contributed by atoms with Crippen molar-refractivity contribution < 1.29 is 25.9 Å². The third-order valence-electron chi connectivity index (χ3n) is 2.68. The molecule has 0 amide bonds. The molecule has 2 N–H and O–H groups in total. The lowest BCUT2D eigenvalue weighted by molar-refractivity contribution is 0.466. The van der Waals surface area contributed by atoms with Gasteiger partial charge in [-0.1, -0.05) is 34.1 Å². The first kappa shape index (κ1) is 16.1. The average molecular weight is 393 g/mol. The van der Waals surface area contributed by atoms with Crippen LogP contribution in [0, 0.1) is 0 Å². The minimum Gasteiger partial charge on any atom is -0.282 e. The van der Waals surface area contributed by atoms with Crippen molar-refractivity contribution in [3.8, 4) is 11.1 Å². The lowest BCUT2D eigenvalue weighted by Gasteiger charge is -2.08. The standard InChI is InChI=1S/C12H9BrO6S2/c13-10-4-1-8(2-5-10)9-3-6-11(20(14,15)16)12(7-9)21(17,18)19/h1-7H,(H,14,15,16)(H,17,18,19). The number of rotatable bonds is 3. The van der Waals surface area contributed by atoms with Crippen molar-refractivity contribution in [1.82, 2.24) is 0 Å². The number of benzene rings is 2. The molecule has 6 nitrogen and oxygen atoms in total. The van der Waals surface area contributed by atoms with Crippen molar-refractivity contribution in [2.45, 2.75) is 9.79 Å². The van der Waals surface area contributed by atoms with Crippen molar-refractivity contribution in [2.75, 3.05) is 0 Å². The first-order valence-corrected chi connectivity index (χ1v) is 9.11. The number of hydrogen-bond donors (Lipinski definition) is 2. The largest absolute Gasteiger partial charge is 0.295 e. The van der Waals surface area contributed by atoms with E-state index in [4.69, 9.17) is 9.11 Å². The molecule has 9 heteroatoms. The van der Waals surface area contributed by atoms with E-state index < -0.39 is 30.0 Å². The zero-order valence-corrected chi connectivity index (χ0v) is 13.5. The molecule has 0 unspecified atom stereocenters. The van der Waals surface area contributed by atoms with E-state index in [1.165, 1.54) is 6.07 Å². The van der Waals surface area contributed by atoms with Gasteiger partial charge in [0, 0.05) is 4.47 Å². The molecule has 0 aliphatic heterocycles. The highest BCUT2D eigenvalue weighted by Gasteiger charge is 2.24. The maximum absolute atomic E-state index is 11.3. The molecule has 0 saturated carbocycles. The fraction of sp³-hybridized carbons (Fsp3) is 0. The van der Waals surface area contributed by atoms with E-state index in [0.29, 0.717) is 11.1 Å². The van der Waals surface area contributed by atoms with Crippen LogP contribution in [-0.4, -0.2) is 25.9 Å². The average Bonchev–Trinajstić information content (AvgIpc) is 2.37. The van der Waals surface area contributed by atoms with Crippen LogP contribution in [0.15, 0.2) is 56.7 Å². The Balaban J connectivity index is 2.71. The van der Waals surface area contributed by atoms with Crippen LogP contribution in [0.2, 0.25) is 0 Å². The summed E-state index contributed by atoms with van der Waals surface area (Å²) in [6, 6.07) is 10.1. The van der Waals surface area contributed by atoms with Gasteiger partial charge >= 0.3 is 0 Å². The van der Waals surface area contributed by atoms with Gasteiger partial charge in [-0.2, -0.15) is 16.8 Å². The molecule has 2 aromatic rings. The molecule has 0 aliphatic carbocycles. The molecule has 0 fully saturated rings. The van der Waals surface area contributed by atoms with Gasteiger partial charge in [0.2, 0.25) is 0 Å². The summed E-state index contributed by atoms with van der Waals surface area (Å²) in [6.07, 6.45) is 0. The second kappa shape index (κ2) is 5.50. The smallest absolute Gasteiger partial charge is 0.282 e. The SMILES string of the molecule is O=S(=O)(O)c1ccc(-c2ccc(Br)cc2)cc1S(=O)(=O)O. The summed E-state index contributed by atoms with van der Waals surface area (Å²) in [5, 5.41) is 0. The van der Waals surface area contributed by atoms with Crippen molar-refractivity contribution in [3.05, 3.63) is 46.9 Å². The summed E-state index contributed by atoms with van der Waals surface area (Å²) >= 11 is 3.25. The first-order valence-electron chi connectivity index (χ1n) is 5.44. The fourth-order valence-electron chi connectivity index (χ4n) is 1.74. The van der Waals surface area contributed by atoms with Crippen LogP contribution in [0.25, 0.3) is 11.1 Å². The molecular formula is C12H9BrO6S2. The van der Waals surface area contributed by atoms with Crippen LogP contribution in [0.3, 0.4) is 0 Å². The summed E-state index contributed by atoms with van der Waals surface area (Å²) in [6.45, 7) is 0. The van der Waals surface area contributed by atoms with E-state index in [1.807, 2.05) is 0 Å². The third kappa shape index (κ3) is 3.69. The second-order valence-corrected chi connectivity index (χ2v) is 7.81. The topological polar surface area (TPSA) is 109 Å². The Kier molecular flexibility index (Phi) is 4.22. The lowest BCUT2D eigenvalue weighted by Crippen LogP contribution is -2.08. The molecule has 0 saturated heterocycles. The predicted molar refractivity (Wildman–Crippen MR) is 79.2 cm³/mol. The Morgan fingerprint density at radius 2 is 1.19 bits per heavy atom. The predicted octanol–water partition coefficient (Wildman–Crippen LogP) is 2.61. The van der Waals surface area contributed by atoms with Crippen molar-refractivity contribution in [1.29, 1.82) is 0 Å². The van der Waals surface area contributed by atoms with Crippen LogP contribution in [0.4, 0.5) is 0 Å². The van der Waals surface area contributed by atoms with E-state index in [2.05, 4.69) is 15.9 Å². The molecule has 0 radical (unpaired) electrons. The van der Waals surface area contributed by atoms with Gasteiger partial charge in [0.25, 0.3) is 20.2 Å². The van der Waals surface area contributed by atoms with Gasteiger partial charge in [-0.3, -0.25) is 9.11 Å². The highest BCUT2D eigenvalue weighted by Crippen LogP contribution is 2.28. The first-order chi connectivity index (χ1) is 9.59. The molecule has 21 heavy (non-hydrogen) atoms. The second-order valence-electron chi connectivity index (χ2n) is 4.12. The summed E-state index contributed by atoms with van der Waals surface area (Å²) in [5.41, 5.74) is 0.993. The molecule has 2 rings (SSSR count). The Labute approximate surface area is 130 Å². The Morgan fingerprint density at radius 1 is 0.714 bits per heavy atom. The van der Waals surface area contributed by atoms with Gasteiger partial charge in [-0.25, -0.2) is 0 Å². The summed E-state index contributed by atoms with van der Waals surface area (Å²) in [4.78, 5) is -1.74. The molecular weight excluding hydrogens is 384 g/mol. The number of halogens is 1. The van der Waals surface area contributed by atoms with Crippen molar-refractivity contribution >= 4 is 36.2 Å². The van der Waals surface area contributed by atoms with Crippen LogP contribution in [0.1, 0.15) is 0 Å². The van der Waals surface area contributed by atoms with Gasteiger partial charge in [0.15, 0.2) is 0 Å². The molecule has 0 aromatic heterocycles. The highest BCUT2D eigenvalue weighted by molar-refractivity contribution is 9.10. The lowest BCUT2D eigenvalue weighted by atomic mass is 10.1. The van der Waals surface area contributed by atoms with E-state index >= 15 is 0 Å². The Hall–Kier alpha value is -1.26. The minimum atomic E-state index is -4.80. The monoisotopic (exact) mass is 392 g/mol. The third-order valence-corrected chi connectivity index (χ3v) is 5.14. The molecule has 0 spiro atoms. The Bertz CT molecular complexity index is 886. The van der Waals surface area contributed by atoms with E-state index in [-0.39, 0.29) is 0 Å². The van der Waals surface area contributed by atoms with Crippen molar-refractivity contribution in [2.24, 2.45) is 0 Å². The fourth-order valence-corrected chi connectivity index (χ4v) is 3.79. The molecule has 0 bridgehead atoms. The van der Waals surface area contributed by atoms with E-state index in [9.17, 15) is 16.8 Å². The van der Waals surface area contributed by atoms with E-state index in [0.717, 1.165) is 16.6 Å². The van der Waals surface area contributed by atoms with Crippen LogP contribution >= 0.6 is 15.9 Å². The maximum atomic E-state index is 11.3. The molecule has 2 aromatic carbocycles. The zero-order chi connectivity index (χ0) is 15.8. The summed E-state index contributed by atoms with van der Waals surface area (Å²) in [7, 11) is -9.57. The zero-order valence-electron chi connectivity index (χ0n) is 10.3. The van der Waals surface area contributed by atoms with E-state index in [1.54, 1.807) is 24.3 Å². The van der Waals surface area contributed by atoms with Crippen LogP contribution in [0.5, 0.6) is 0 Å². The number of hydrogen-bond acceptors (Lipinski definition) is 4. The summed E-state index contributed by atoms with van der Waals surface area (Å²) < 4.78 is 63.9. The minimum absolute atomic E-state index is 0.377. The maximum Gasteiger partial charge on any atom is 0.295 e. The van der Waals surface area contributed by atoms with Gasteiger partial charge in [-0.15, -0.1) is 0 Å². The van der Waals surface area contributed by atoms with Gasteiger partial charge in [-0.05, 0) is 35.4 Å². The quantitative estimate of drug-likeness (QED) is 0.776. The van der Waals surface area contributed by atoms with Crippen LogP contribution in [-0.2, 0) is 20.2 Å².